The Morgan fingerprint density at radius 3 is 2.47 bits per heavy atom. The number of nitrogens with zero attached hydrogens (tertiary/aromatic N) is 1. The summed E-state index contributed by atoms with van der Waals surface area (Å²) >= 11 is 6.12. The fourth-order valence-corrected chi connectivity index (χ4v) is 4.10. The lowest BCUT2D eigenvalue weighted by atomic mass is 9.94. The summed E-state index contributed by atoms with van der Waals surface area (Å²) < 4.78 is 19.3. The van der Waals surface area contributed by atoms with E-state index in [1.807, 2.05) is 6.07 Å². The van der Waals surface area contributed by atoms with Gasteiger partial charge >= 0.3 is 0 Å². The van der Waals surface area contributed by atoms with Crippen LogP contribution in [-0.4, -0.2) is 16.8 Å². The number of halogens is 2. The standard InChI is InChI=1S/C25H15ClFNO4/c26-16-5-3-6-18(13-16)28-22(14-8-10-17(27)11-9-14)21(24(30)25(28)31)23(29)20-12-15-4-1-2-7-19(15)32-20/h1-13,22,30H. The van der Waals surface area contributed by atoms with E-state index in [9.17, 15) is 19.1 Å². The maximum atomic E-state index is 13.6. The molecule has 1 aliphatic rings. The molecule has 158 valence electrons. The summed E-state index contributed by atoms with van der Waals surface area (Å²) in [5.74, 6) is -2.57. The Hall–Kier alpha value is -3.90. The molecule has 0 spiro atoms. The molecule has 1 amide bonds. The molecule has 1 aromatic heterocycles. The van der Waals surface area contributed by atoms with Crippen molar-refractivity contribution in [1.82, 2.24) is 0 Å². The van der Waals surface area contributed by atoms with E-state index in [2.05, 4.69) is 0 Å². The van der Waals surface area contributed by atoms with E-state index < -0.39 is 29.3 Å². The average Bonchev–Trinajstić information content (AvgIpc) is 3.33. The van der Waals surface area contributed by atoms with Gasteiger partial charge in [-0.15, -0.1) is 0 Å². The molecular formula is C25H15ClFNO4. The van der Waals surface area contributed by atoms with Gasteiger partial charge in [0.15, 0.2) is 11.5 Å². The number of aliphatic hydroxyl groups excluding tert-OH is 1. The highest BCUT2D eigenvalue weighted by Crippen LogP contribution is 2.42. The van der Waals surface area contributed by atoms with E-state index in [-0.39, 0.29) is 11.3 Å². The predicted molar refractivity (Wildman–Crippen MR) is 118 cm³/mol. The minimum atomic E-state index is -0.998. The number of amides is 1. The second kappa shape index (κ2) is 7.66. The topological polar surface area (TPSA) is 70.8 Å². The van der Waals surface area contributed by atoms with Crippen molar-refractivity contribution >= 4 is 39.9 Å². The molecule has 1 unspecified atom stereocenters. The van der Waals surface area contributed by atoms with Crippen molar-refractivity contribution in [2.24, 2.45) is 0 Å². The second-order valence-electron chi connectivity index (χ2n) is 7.35. The second-order valence-corrected chi connectivity index (χ2v) is 7.79. The van der Waals surface area contributed by atoms with Gasteiger partial charge in [-0.25, -0.2) is 4.39 Å². The molecule has 4 aromatic rings. The first-order valence-corrected chi connectivity index (χ1v) is 10.1. The van der Waals surface area contributed by atoms with Crippen molar-refractivity contribution in [3.8, 4) is 0 Å². The first-order chi connectivity index (χ1) is 15.4. The van der Waals surface area contributed by atoms with Crippen molar-refractivity contribution in [1.29, 1.82) is 0 Å². The van der Waals surface area contributed by atoms with Gasteiger partial charge in [-0.1, -0.05) is 48.0 Å². The van der Waals surface area contributed by atoms with Crippen LogP contribution in [0.3, 0.4) is 0 Å². The minimum absolute atomic E-state index is 0.0133. The Morgan fingerprint density at radius 1 is 1.00 bits per heavy atom. The van der Waals surface area contributed by atoms with Gasteiger partial charge in [-0.3, -0.25) is 14.5 Å². The van der Waals surface area contributed by atoms with E-state index in [0.717, 1.165) is 0 Å². The lowest BCUT2D eigenvalue weighted by Crippen LogP contribution is -2.31. The van der Waals surface area contributed by atoms with Crippen molar-refractivity contribution in [3.05, 3.63) is 112 Å². The molecule has 0 radical (unpaired) electrons. The SMILES string of the molecule is O=C(C1=C(O)C(=O)N(c2cccc(Cl)c2)C1c1ccc(F)cc1)c1cc2ccccc2o1. The van der Waals surface area contributed by atoms with Gasteiger partial charge in [0.1, 0.15) is 11.4 Å². The molecule has 1 aliphatic heterocycles. The average molecular weight is 448 g/mol. The van der Waals surface area contributed by atoms with Gasteiger partial charge in [0.2, 0.25) is 5.78 Å². The summed E-state index contributed by atoms with van der Waals surface area (Å²) in [5.41, 5.74) is 1.19. The van der Waals surface area contributed by atoms with Crippen molar-refractivity contribution < 1.29 is 23.5 Å². The number of furan rings is 1. The van der Waals surface area contributed by atoms with Crippen LogP contribution in [-0.2, 0) is 4.79 Å². The number of para-hydroxylation sites is 1. The van der Waals surface area contributed by atoms with Gasteiger partial charge < -0.3 is 9.52 Å². The van der Waals surface area contributed by atoms with E-state index in [4.69, 9.17) is 16.0 Å². The van der Waals surface area contributed by atoms with Crippen molar-refractivity contribution in [3.63, 3.8) is 0 Å². The number of Topliss-reactive ketones (excluding diaryl/α,β-unsaturated/α-hetero) is 1. The molecule has 3 aromatic carbocycles. The number of rotatable bonds is 4. The van der Waals surface area contributed by atoms with E-state index >= 15 is 0 Å². The highest BCUT2D eigenvalue weighted by molar-refractivity contribution is 6.31. The number of carbonyl (C=O) groups is 2. The normalized spacial score (nSPS) is 16.2. The van der Waals surface area contributed by atoms with E-state index in [1.165, 1.54) is 29.2 Å². The highest BCUT2D eigenvalue weighted by atomic mass is 35.5. The van der Waals surface area contributed by atoms with Crippen LogP contribution in [0.25, 0.3) is 11.0 Å². The first-order valence-electron chi connectivity index (χ1n) is 9.75. The van der Waals surface area contributed by atoms with Gasteiger partial charge in [-0.05, 0) is 48.0 Å². The zero-order chi connectivity index (χ0) is 22.4. The fraction of sp³-hybridized carbons (Fsp3) is 0.0400. The maximum absolute atomic E-state index is 13.6. The summed E-state index contributed by atoms with van der Waals surface area (Å²) in [6.45, 7) is 0. The van der Waals surface area contributed by atoms with Crippen LogP contribution in [0, 0.1) is 5.82 Å². The molecule has 32 heavy (non-hydrogen) atoms. The maximum Gasteiger partial charge on any atom is 0.294 e. The molecule has 0 aliphatic carbocycles. The van der Waals surface area contributed by atoms with Crippen LogP contribution in [0.2, 0.25) is 5.02 Å². The highest BCUT2D eigenvalue weighted by Gasteiger charge is 2.45. The van der Waals surface area contributed by atoms with Gasteiger partial charge in [0.25, 0.3) is 5.91 Å². The molecule has 1 atom stereocenters. The van der Waals surface area contributed by atoms with Gasteiger partial charge in [0, 0.05) is 16.1 Å². The number of carbonyl (C=O) groups excluding carboxylic acids is 2. The summed E-state index contributed by atoms with van der Waals surface area (Å²) in [6.07, 6.45) is 0. The molecule has 2 heterocycles. The van der Waals surface area contributed by atoms with Gasteiger partial charge in [-0.2, -0.15) is 0 Å². The zero-order valence-corrected chi connectivity index (χ0v) is 17.2. The van der Waals surface area contributed by atoms with Crippen LogP contribution in [0.5, 0.6) is 0 Å². The summed E-state index contributed by atoms with van der Waals surface area (Å²) in [7, 11) is 0. The lowest BCUT2D eigenvalue weighted by Gasteiger charge is -2.27. The predicted octanol–water partition coefficient (Wildman–Crippen LogP) is 6.01. The molecule has 7 heteroatoms. The molecule has 0 saturated heterocycles. The molecular weight excluding hydrogens is 433 g/mol. The Kier molecular flexibility index (Phi) is 4.79. The number of fused-ring (bicyclic) bond motifs is 1. The van der Waals surface area contributed by atoms with Crippen LogP contribution in [0.15, 0.2) is 94.6 Å². The van der Waals surface area contributed by atoms with Crippen LogP contribution in [0.1, 0.15) is 22.2 Å². The number of hydrogen-bond donors (Lipinski definition) is 1. The quantitative estimate of drug-likeness (QED) is 0.389. The third-order valence-corrected chi connectivity index (χ3v) is 5.61. The zero-order valence-electron chi connectivity index (χ0n) is 16.5. The lowest BCUT2D eigenvalue weighted by molar-refractivity contribution is -0.117. The van der Waals surface area contributed by atoms with Crippen LogP contribution in [0.4, 0.5) is 10.1 Å². The van der Waals surface area contributed by atoms with Crippen molar-refractivity contribution in [2.45, 2.75) is 6.04 Å². The Morgan fingerprint density at radius 2 is 1.75 bits per heavy atom. The number of ketones is 1. The summed E-state index contributed by atoms with van der Waals surface area (Å²) in [6, 6.07) is 19.6. The Labute approximate surface area is 186 Å². The third-order valence-electron chi connectivity index (χ3n) is 5.37. The summed E-state index contributed by atoms with van der Waals surface area (Å²) in [5, 5.41) is 11.9. The molecule has 5 nitrogen and oxygen atoms in total. The number of hydrogen-bond acceptors (Lipinski definition) is 4. The summed E-state index contributed by atoms with van der Waals surface area (Å²) in [4.78, 5) is 27.8. The smallest absolute Gasteiger partial charge is 0.294 e. The number of anilines is 1. The molecule has 0 fully saturated rings. The fourth-order valence-electron chi connectivity index (χ4n) is 3.92. The van der Waals surface area contributed by atoms with Gasteiger partial charge in [0.05, 0.1) is 11.6 Å². The van der Waals surface area contributed by atoms with E-state index in [1.54, 1.807) is 48.5 Å². The Bertz CT molecular complexity index is 1370. The monoisotopic (exact) mass is 447 g/mol. The molecule has 5 rings (SSSR count). The molecule has 1 N–H and O–H groups in total. The first kappa shape index (κ1) is 20.0. The Balaban J connectivity index is 1.67. The molecule has 0 saturated carbocycles. The number of benzene rings is 3. The van der Waals surface area contributed by atoms with Crippen molar-refractivity contribution in [2.75, 3.05) is 4.90 Å². The largest absolute Gasteiger partial charge is 0.503 e. The van der Waals surface area contributed by atoms with Crippen LogP contribution < -0.4 is 4.90 Å². The van der Waals surface area contributed by atoms with E-state index in [0.29, 0.717) is 27.2 Å². The van der Waals surface area contributed by atoms with Crippen LogP contribution >= 0.6 is 11.6 Å². The third kappa shape index (κ3) is 3.25. The minimum Gasteiger partial charge on any atom is -0.503 e. The number of aliphatic hydroxyl groups is 1. The molecule has 0 bridgehead atoms.